The van der Waals surface area contributed by atoms with Crippen LogP contribution in [0.15, 0.2) is 17.2 Å². The normalized spacial score (nSPS) is 12.5. The first-order valence-corrected chi connectivity index (χ1v) is 5.25. The van der Waals surface area contributed by atoms with Gasteiger partial charge in [-0.05, 0) is 6.07 Å². The van der Waals surface area contributed by atoms with E-state index in [1.54, 1.807) is 0 Å². The maximum absolute atomic E-state index is 12.2. The molecule has 0 aliphatic carbocycles. The summed E-state index contributed by atoms with van der Waals surface area (Å²) in [5.41, 5.74) is -2.66. The van der Waals surface area contributed by atoms with Crippen LogP contribution in [-0.4, -0.2) is 29.0 Å². The lowest BCUT2D eigenvalue weighted by Gasteiger charge is -2.08. The molecule has 17 heavy (non-hydrogen) atoms. The number of hydrogen-bond acceptors (Lipinski definition) is 4. The number of alkyl halides is 3. The number of carboxylic acid groups (broad SMARTS) is 1. The third-order valence-electron chi connectivity index (χ3n) is 1.66. The molecule has 0 bridgehead atoms. The number of pyridine rings is 1. The van der Waals surface area contributed by atoms with Crippen molar-refractivity contribution in [3.8, 4) is 0 Å². The minimum absolute atomic E-state index is 0.00574. The first-order chi connectivity index (χ1) is 7.53. The zero-order chi connectivity index (χ0) is 13.4. The standard InChI is InChI=1S/C7H4F3NO5S/c8-7(9,10)3-1-4(17(14,15)16)5(6(12)13)11-2-3/h1-2H,(H,12,13)(H,14,15,16). The fourth-order valence-corrected chi connectivity index (χ4v) is 1.62. The monoisotopic (exact) mass is 271 g/mol. The molecule has 1 heterocycles. The van der Waals surface area contributed by atoms with Gasteiger partial charge in [-0.3, -0.25) is 4.55 Å². The van der Waals surface area contributed by atoms with Crippen molar-refractivity contribution in [2.45, 2.75) is 11.1 Å². The largest absolute Gasteiger partial charge is 0.476 e. The minimum Gasteiger partial charge on any atom is -0.476 e. The van der Waals surface area contributed by atoms with Crippen molar-refractivity contribution < 1.29 is 36.0 Å². The molecule has 0 saturated carbocycles. The van der Waals surface area contributed by atoms with Crippen LogP contribution in [0.2, 0.25) is 0 Å². The number of rotatable bonds is 2. The van der Waals surface area contributed by atoms with Crippen LogP contribution in [0.3, 0.4) is 0 Å². The lowest BCUT2D eigenvalue weighted by molar-refractivity contribution is -0.138. The average molecular weight is 271 g/mol. The summed E-state index contributed by atoms with van der Waals surface area (Å²) in [7, 11) is -5.10. The van der Waals surface area contributed by atoms with Gasteiger partial charge in [0.25, 0.3) is 10.1 Å². The maximum atomic E-state index is 12.2. The van der Waals surface area contributed by atoms with Gasteiger partial charge in [-0.2, -0.15) is 21.6 Å². The summed E-state index contributed by atoms with van der Waals surface area (Å²) >= 11 is 0. The molecular formula is C7H4F3NO5S. The molecule has 0 fully saturated rings. The predicted molar refractivity (Wildman–Crippen MR) is 46.0 cm³/mol. The highest BCUT2D eigenvalue weighted by molar-refractivity contribution is 7.86. The molecule has 0 aliphatic rings. The summed E-state index contributed by atoms with van der Waals surface area (Å²) in [6.07, 6.45) is -4.73. The molecule has 0 radical (unpaired) electrons. The second-order valence-electron chi connectivity index (χ2n) is 2.85. The van der Waals surface area contributed by atoms with Crippen LogP contribution in [0.4, 0.5) is 13.2 Å². The van der Waals surface area contributed by atoms with Gasteiger partial charge in [-0.1, -0.05) is 0 Å². The van der Waals surface area contributed by atoms with Gasteiger partial charge >= 0.3 is 12.1 Å². The zero-order valence-electron chi connectivity index (χ0n) is 7.76. The molecule has 1 aromatic heterocycles. The molecule has 0 aromatic carbocycles. The van der Waals surface area contributed by atoms with Crippen molar-refractivity contribution >= 4 is 16.1 Å². The third kappa shape index (κ3) is 2.91. The van der Waals surface area contributed by atoms with Crippen LogP contribution in [-0.2, 0) is 16.3 Å². The van der Waals surface area contributed by atoms with E-state index in [-0.39, 0.29) is 12.3 Å². The quantitative estimate of drug-likeness (QED) is 0.779. The van der Waals surface area contributed by atoms with Crippen LogP contribution in [0.5, 0.6) is 0 Å². The van der Waals surface area contributed by atoms with Gasteiger partial charge in [0, 0.05) is 6.20 Å². The minimum atomic E-state index is -5.10. The molecule has 0 unspecified atom stereocenters. The fourth-order valence-electron chi connectivity index (χ4n) is 0.957. The lowest BCUT2D eigenvalue weighted by Crippen LogP contribution is -2.14. The Labute approximate surface area is 92.5 Å². The molecule has 1 rings (SSSR count). The molecular weight excluding hydrogens is 267 g/mol. The molecule has 2 N–H and O–H groups in total. The molecule has 0 atom stereocenters. The first kappa shape index (κ1) is 13.4. The molecule has 0 saturated heterocycles. The first-order valence-electron chi connectivity index (χ1n) is 3.81. The number of carboxylic acids is 1. The Morgan fingerprint density at radius 3 is 2.24 bits per heavy atom. The number of halogens is 3. The van der Waals surface area contributed by atoms with Crippen molar-refractivity contribution in [1.29, 1.82) is 0 Å². The molecule has 0 spiro atoms. The predicted octanol–water partition coefficient (Wildman–Crippen LogP) is 1.05. The molecule has 6 nitrogen and oxygen atoms in total. The fraction of sp³-hybridized carbons (Fsp3) is 0.143. The second-order valence-corrected chi connectivity index (χ2v) is 4.24. The average Bonchev–Trinajstić information content (AvgIpc) is 2.14. The highest BCUT2D eigenvalue weighted by atomic mass is 32.2. The number of aromatic carboxylic acids is 1. The van der Waals surface area contributed by atoms with E-state index in [1.807, 2.05) is 0 Å². The van der Waals surface area contributed by atoms with Crippen LogP contribution >= 0.6 is 0 Å². The van der Waals surface area contributed by atoms with Gasteiger partial charge in [0.05, 0.1) is 5.56 Å². The summed E-state index contributed by atoms with van der Waals surface area (Å²) in [6.45, 7) is 0. The van der Waals surface area contributed by atoms with Crippen LogP contribution in [0.1, 0.15) is 16.1 Å². The van der Waals surface area contributed by atoms with Gasteiger partial charge in [-0.15, -0.1) is 0 Å². The second kappa shape index (κ2) is 3.96. The van der Waals surface area contributed by atoms with E-state index < -0.39 is 38.4 Å². The van der Waals surface area contributed by atoms with E-state index in [9.17, 15) is 26.4 Å². The Bertz CT molecular complexity index is 565. The lowest BCUT2D eigenvalue weighted by atomic mass is 10.2. The maximum Gasteiger partial charge on any atom is 0.417 e. The summed E-state index contributed by atoms with van der Waals surface area (Å²) in [5.74, 6) is -1.87. The van der Waals surface area contributed by atoms with Crippen LogP contribution in [0.25, 0.3) is 0 Å². The van der Waals surface area contributed by atoms with E-state index in [0.29, 0.717) is 0 Å². The van der Waals surface area contributed by atoms with Crippen molar-refractivity contribution in [2.24, 2.45) is 0 Å². The summed E-state index contributed by atoms with van der Waals surface area (Å²) < 4.78 is 66.7. The Hall–Kier alpha value is -1.68. The Morgan fingerprint density at radius 2 is 1.88 bits per heavy atom. The Balaban J connectivity index is 3.57. The highest BCUT2D eigenvalue weighted by Crippen LogP contribution is 2.30. The Kier molecular flexibility index (Phi) is 3.12. The number of hydrogen-bond donors (Lipinski definition) is 2. The molecule has 0 aliphatic heterocycles. The number of nitrogens with zero attached hydrogens (tertiary/aromatic N) is 1. The SMILES string of the molecule is O=C(O)c1ncc(C(F)(F)F)cc1S(=O)(=O)O. The molecule has 10 heteroatoms. The van der Waals surface area contributed by atoms with Gasteiger partial charge in [-0.25, -0.2) is 9.78 Å². The van der Waals surface area contributed by atoms with E-state index in [2.05, 4.69) is 4.98 Å². The number of aromatic nitrogens is 1. The Morgan fingerprint density at radius 1 is 1.35 bits per heavy atom. The summed E-state index contributed by atoms with van der Waals surface area (Å²) in [6, 6.07) is 0.00574. The topological polar surface area (TPSA) is 105 Å². The third-order valence-corrected chi connectivity index (χ3v) is 2.53. The van der Waals surface area contributed by atoms with Crippen molar-refractivity contribution in [1.82, 2.24) is 4.98 Å². The van der Waals surface area contributed by atoms with Gasteiger partial charge in [0.1, 0.15) is 4.90 Å². The van der Waals surface area contributed by atoms with Crippen molar-refractivity contribution in [3.63, 3.8) is 0 Å². The molecule has 94 valence electrons. The van der Waals surface area contributed by atoms with E-state index in [0.717, 1.165) is 0 Å². The van der Waals surface area contributed by atoms with E-state index in [4.69, 9.17) is 9.66 Å². The van der Waals surface area contributed by atoms with Crippen LogP contribution in [0, 0.1) is 0 Å². The van der Waals surface area contributed by atoms with Gasteiger partial charge in [0.2, 0.25) is 0 Å². The van der Waals surface area contributed by atoms with Crippen LogP contribution < -0.4 is 0 Å². The summed E-state index contributed by atoms with van der Waals surface area (Å²) in [4.78, 5) is 12.0. The zero-order valence-corrected chi connectivity index (χ0v) is 8.58. The molecule has 0 amide bonds. The highest BCUT2D eigenvalue weighted by Gasteiger charge is 2.34. The smallest absolute Gasteiger partial charge is 0.417 e. The van der Waals surface area contributed by atoms with Crippen molar-refractivity contribution in [3.05, 3.63) is 23.5 Å². The molecule has 1 aromatic rings. The number of carbonyl (C=O) groups is 1. The van der Waals surface area contributed by atoms with E-state index >= 15 is 0 Å². The van der Waals surface area contributed by atoms with Crippen molar-refractivity contribution in [2.75, 3.05) is 0 Å². The van der Waals surface area contributed by atoms with E-state index in [1.165, 1.54) is 0 Å². The summed E-state index contributed by atoms with van der Waals surface area (Å²) in [5, 5.41) is 8.50. The van der Waals surface area contributed by atoms with Gasteiger partial charge < -0.3 is 5.11 Å². The van der Waals surface area contributed by atoms with Gasteiger partial charge in [0.15, 0.2) is 5.69 Å².